The van der Waals surface area contributed by atoms with Gasteiger partial charge in [-0.05, 0) is 91.6 Å². The quantitative estimate of drug-likeness (QED) is 0.299. The number of nitrogens with zero attached hydrogens (tertiary/aromatic N) is 2. The zero-order valence-electron chi connectivity index (χ0n) is 26.4. The van der Waals surface area contributed by atoms with Crippen molar-refractivity contribution in [2.24, 2.45) is 5.73 Å². The van der Waals surface area contributed by atoms with Crippen LogP contribution < -0.4 is 21.3 Å². The van der Waals surface area contributed by atoms with Crippen molar-refractivity contribution in [3.8, 4) is 0 Å². The molecule has 3 aromatic rings. The van der Waals surface area contributed by atoms with Gasteiger partial charge >= 0.3 is 0 Å². The fourth-order valence-electron chi connectivity index (χ4n) is 6.07. The summed E-state index contributed by atoms with van der Waals surface area (Å²) < 4.78 is 0. The molecule has 1 saturated carbocycles. The number of carbonyl (C=O) groups excluding carboxylic acids is 3. The van der Waals surface area contributed by atoms with Crippen LogP contribution in [0.4, 0.5) is 11.4 Å². The van der Waals surface area contributed by atoms with E-state index in [9.17, 15) is 14.4 Å². The number of hydrogen-bond donors (Lipinski definition) is 3. The number of carbonyl (C=O) groups is 3. The summed E-state index contributed by atoms with van der Waals surface area (Å²) in [5.74, 6) is -0.466. The van der Waals surface area contributed by atoms with Crippen molar-refractivity contribution in [3.63, 3.8) is 0 Å². The molecule has 5 rings (SSSR count). The Bertz CT molecular complexity index is 1530. The number of halogens is 1. The smallest absolute Gasteiger partial charge is 0.255 e. The van der Waals surface area contributed by atoms with E-state index in [2.05, 4.69) is 36.3 Å². The average Bonchev–Trinajstić information content (AvgIpc) is 3.28. The molecule has 9 heteroatoms. The third kappa shape index (κ3) is 8.24. The van der Waals surface area contributed by atoms with E-state index in [-0.39, 0.29) is 35.2 Å². The molecular weight excluding hydrogens is 586 g/mol. The molecule has 45 heavy (non-hydrogen) atoms. The largest absolute Gasteiger partial charge is 0.368 e. The Labute approximate surface area is 271 Å². The molecule has 238 valence electrons. The Morgan fingerprint density at radius 1 is 0.800 bits per heavy atom. The highest BCUT2D eigenvalue weighted by Gasteiger charge is 2.25. The Kier molecular flexibility index (Phi) is 10.1. The first-order valence-corrected chi connectivity index (χ1v) is 16.3. The lowest BCUT2D eigenvalue weighted by atomic mass is 9.86. The predicted molar refractivity (Wildman–Crippen MR) is 181 cm³/mol. The van der Waals surface area contributed by atoms with Crippen LogP contribution in [-0.2, 0) is 5.41 Å². The average molecular weight is 630 g/mol. The summed E-state index contributed by atoms with van der Waals surface area (Å²) in [5.41, 5.74) is 10.1. The van der Waals surface area contributed by atoms with Crippen LogP contribution in [0.1, 0.15) is 89.5 Å². The molecule has 0 atom stereocenters. The van der Waals surface area contributed by atoms with Crippen LogP contribution in [0.25, 0.3) is 0 Å². The molecule has 1 heterocycles. The van der Waals surface area contributed by atoms with Gasteiger partial charge in [0.2, 0.25) is 0 Å². The van der Waals surface area contributed by atoms with Crippen molar-refractivity contribution in [1.29, 1.82) is 0 Å². The number of amides is 3. The normalized spacial score (nSPS) is 19.0. The first-order valence-electron chi connectivity index (χ1n) is 15.9. The van der Waals surface area contributed by atoms with E-state index in [0.29, 0.717) is 53.6 Å². The van der Waals surface area contributed by atoms with Crippen LogP contribution in [0.3, 0.4) is 0 Å². The maximum absolute atomic E-state index is 13.5. The van der Waals surface area contributed by atoms with Gasteiger partial charge in [-0.2, -0.15) is 0 Å². The van der Waals surface area contributed by atoms with E-state index >= 15 is 0 Å². The molecule has 3 amide bonds. The van der Waals surface area contributed by atoms with Gasteiger partial charge < -0.3 is 26.2 Å². The zero-order chi connectivity index (χ0) is 32.1. The standard InChI is InChI=1S/C36H44ClN5O3/c1-36(2,3)27-11-8-24(9-12-27)33(43)40-31-23-25(34(44)39-30-15-13-29(38)14-16-30)10-17-32(31)41-18-5-19-42(21-20-41)35(45)26-6-4-7-28(37)22-26/h4,6-12,17,22-23,29-30H,5,13-16,18-21,38H2,1-3H3,(H,39,44)(H,40,43). The van der Waals surface area contributed by atoms with Gasteiger partial charge in [-0.15, -0.1) is 0 Å². The molecule has 0 unspecified atom stereocenters. The summed E-state index contributed by atoms with van der Waals surface area (Å²) in [6.45, 7) is 8.79. The lowest BCUT2D eigenvalue weighted by Gasteiger charge is -2.28. The van der Waals surface area contributed by atoms with Gasteiger partial charge in [0, 0.05) is 60.0 Å². The van der Waals surface area contributed by atoms with Crippen LogP contribution in [0.5, 0.6) is 0 Å². The molecule has 0 bridgehead atoms. The molecule has 2 aliphatic rings. The topological polar surface area (TPSA) is 108 Å². The fourth-order valence-corrected chi connectivity index (χ4v) is 6.26. The lowest BCUT2D eigenvalue weighted by molar-refractivity contribution is 0.0766. The Hall–Kier alpha value is -3.88. The Morgan fingerprint density at radius 3 is 2.20 bits per heavy atom. The SMILES string of the molecule is CC(C)(C)c1ccc(C(=O)Nc2cc(C(=O)NC3CCC(N)CC3)ccc2N2CCCN(C(=O)c3cccc(Cl)c3)CC2)cc1. The van der Waals surface area contributed by atoms with Crippen LogP contribution in [0.2, 0.25) is 5.02 Å². The van der Waals surface area contributed by atoms with Crippen LogP contribution in [0.15, 0.2) is 66.7 Å². The minimum atomic E-state index is -0.247. The summed E-state index contributed by atoms with van der Waals surface area (Å²) in [5, 5.41) is 6.79. The third-order valence-electron chi connectivity index (χ3n) is 8.82. The third-order valence-corrected chi connectivity index (χ3v) is 9.06. The molecule has 1 aliphatic heterocycles. The minimum absolute atomic E-state index is 0.0257. The van der Waals surface area contributed by atoms with Crippen molar-refractivity contribution < 1.29 is 14.4 Å². The van der Waals surface area contributed by atoms with Crippen molar-refractivity contribution in [2.75, 3.05) is 36.4 Å². The summed E-state index contributed by atoms with van der Waals surface area (Å²) in [6.07, 6.45) is 4.25. The van der Waals surface area contributed by atoms with Gasteiger partial charge in [0.1, 0.15) is 0 Å². The van der Waals surface area contributed by atoms with E-state index in [1.807, 2.05) is 41.3 Å². The molecule has 1 aliphatic carbocycles. The van der Waals surface area contributed by atoms with Crippen molar-refractivity contribution in [1.82, 2.24) is 10.2 Å². The van der Waals surface area contributed by atoms with Gasteiger partial charge in [0.15, 0.2) is 0 Å². The molecule has 1 saturated heterocycles. The number of rotatable bonds is 6. The van der Waals surface area contributed by atoms with Crippen LogP contribution in [0, 0.1) is 0 Å². The lowest BCUT2D eigenvalue weighted by Crippen LogP contribution is -2.40. The predicted octanol–water partition coefficient (Wildman–Crippen LogP) is 6.24. The second kappa shape index (κ2) is 14.0. The van der Waals surface area contributed by atoms with Crippen molar-refractivity contribution in [2.45, 2.75) is 70.4 Å². The van der Waals surface area contributed by atoms with E-state index in [0.717, 1.165) is 43.4 Å². The highest BCUT2D eigenvalue weighted by atomic mass is 35.5. The fraction of sp³-hybridized carbons (Fsp3) is 0.417. The van der Waals surface area contributed by atoms with Crippen LogP contribution in [-0.4, -0.2) is 60.9 Å². The zero-order valence-corrected chi connectivity index (χ0v) is 27.2. The van der Waals surface area contributed by atoms with E-state index in [1.165, 1.54) is 0 Å². The van der Waals surface area contributed by atoms with E-state index in [4.69, 9.17) is 17.3 Å². The second-order valence-corrected chi connectivity index (χ2v) is 13.7. The van der Waals surface area contributed by atoms with Gasteiger partial charge in [-0.25, -0.2) is 0 Å². The maximum atomic E-state index is 13.5. The summed E-state index contributed by atoms with van der Waals surface area (Å²) >= 11 is 6.14. The van der Waals surface area contributed by atoms with Crippen LogP contribution >= 0.6 is 11.6 Å². The first-order chi connectivity index (χ1) is 21.5. The summed E-state index contributed by atoms with van der Waals surface area (Å²) in [4.78, 5) is 44.1. The van der Waals surface area contributed by atoms with Gasteiger partial charge in [-0.1, -0.05) is 50.6 Å². The molecular formula is C36H44ClN5O3. The minimum Gasteiger partial charge on any atom is -0.368 e. The number of hydrogen-bond acceptors (Lipinski definition) is 5. The molecule has 0 spiro atoms. The number of anilines is 2. The number of benzene rings is 3. The highest BCUT2D eigenvalue weighted by Crippen LogP contribution is 2.30. The van der Waals surface area contributed by atoms with E-state index < -0.39 is 0 Å². The summed E-state index contributed by atoms with van der Waals surface area (Å²) in [7, 11) is 0. The number of nitrogens with one attached hydrogen (secondary N) is 2. The Morgan fingerprint density at radius 2 is 1.51 bits per heavy atom. The van der Waals surface area contributed by atoms with E-state index in [1.54, 1.807) is 30.3 Å². The van der Waals surface area contributed by atoms with Crippen molar-refractivity contribution in [3.05, 3.63) is 94.0 Å². The highest BCUT2D eigenvalue weighted by molar-refractivity contribution is 6.31. The molecule has 2 fully saturated rings. The van der Waals surface area contributed by atoms with Gasteiger partial charge in [0.25, 0.3) is 17.7 Å². The molecule has 0 aromatic heterocycles. The second-order valence-electron chi connectivity index (χ2n) is 13.2. The molecule has 8 nitrogen and oxygen atoms in total. The Balaban J connectivity index is 1.37. The molecule has 3 aromatic carbocycles. The monoisotopic (exact) mass is 629 g/mol. The molecule has 4 N–H and O–H groups in total. The first kappa shape index (κ1) is 32.5. The maximum Gasteiger partial charge on any atom is 0.255 e. The molecule has 0 radical (unpaired) electrons. The van der Waals surface area contributed by atoms with Crippen molar-refractivity contribution >= 4 is 40.7 Å². The van der Waals surface area contributed by atoms with Gasteiger partial charge in [-0.3, -0.25) is 14.4 Å². The number of nitrogens with two attached hydrogens (primary N) is 1. The summed E-state index contributed by atoms with van der Waals surface area (Å²) in [6, 6.07) is 20.4. The van der Waals surface area contributed by atoms with Gasteiger partial charge in [0.05, 0.1) is 11.4 Å².